The predicted molar refractivity (Wildman–Crippen MR) is 160 cm³/mol. The molecule has 0 N–H and O–H groups in total. The van der Waals surface area contributed by atoms with Gasteiger partial charge in [0.1, 0.15) is 0 Å². The van der Waals surface area contributed by atoms with Gasteiger partial charge in [-0.3, -0.25) is 0 Å². The Morgan fingerprint density at radius 2 is 1.37 bits per heavy atom. The maximum absolute atomic E-state index is 14.2. The van der Waals surface area contributed by atoms with Crippen molar-refractivity contribution in [1.29, 1.82) is 0 Å². The Balaban J connectivity index is 1.52. The summed E-state index contributed by atoms with van der Waals surface area (Å²) < 4.78 is 85.9. The molecule has 0 atom stereocenters. The molecule has 0 aliphatic heterocycles. The molecule has 5 aromatic rings. The fraction of sp³-hybridized carbons (Fsp3) is 0.278. The highest BCUT2D eigenvalue weighted by molar-refractivity contribution is 5.92. The molecule has 1 aliphatic carbocycles. The molecule has 6 rings (SSSR count). The standard InChI is InChI=1S/C36H31F6N/c1-19(2)27-15-22(33-20(3)24-9-7-8-10-31(24)43(33)6)12-13-25(27)21-11-14-26-28-17-23(35(37,38)39)18-30(36(40,41)42)32(28)34(4,5)29(26)16-21/h7-19H,1-6H3. The third-order valence-electron chi connectivity index (χ3n) is 9.00. The molecule has 1 nitrogen and oxygen atoms in total. The van der Waals surface area contributed by atoms with Crippen LogP contribution >= 0.6 is 0 Å². The summed E-state index contributed by atoms with van der Waals surface area (Å²) >= 11 is 0. The highest BCUT2D eigenvalue weighted by Crippen LogP contribution is 2.55. The number of nitrogens with zero attached hydrogens (tertiary/aromatic N) is 1. The van der Waals surface area contributed by atoms with Crippen molar-refractivity contribution in [3.8, 4) is 33.5 Å². The van der Waals surface area contributed by atoms with Gasteiger partial charge in [0.25, 0.3) is 0 Å². The van der Waals surface area contributed by atoms with Gasteiger partial charge in [-0.15, -0.1) is 0 Å². The summed E-state index contributed by atoms with van der Waals surface area (Å²) in [7, 11) is 2.05. The molecule has 0 unspecified atom stereocenters. The molecule has 222 valence electrons. The molecule has 0 amide bonds. The monoisotopic (exact) mass is 591 g/mol. The zero-order valence-corrected chi connectivity index (χ0v) is 24.7. The topological polar surface area (TPSA) is 4.93 Å². The van der Waals surface area contributed by atoms with Gasteiger partial charge in [-0.25, -0.2) is 0 Å². The van der Waals surface area contributed by atoms with Crippen LogP contribution in [0.4, 0.5) is 26.3 Å². The molecule has 0 bridgehead atoms. The average molecular weight is 592 g/mol. The maximum Gasteiger partial charge on any atom is 0.416 e. The number of aryl methyl sites for hydroxylation is 2. The van der Waals surface area contributed by atoms with Crippen molar-refractivity contribution in [2.24, 2.45) is 7.05 Å². The average Bonchev–Trinajstić information content (AvgIpc) is 3.33. The molecular weight excluding hydrogens is 560 g/mol. The smallest absolute Gasteiger partial charge is 0.343 e. The molecule has 1 heterocycles. The lowest BCUT2D eigenvalue weighted by atomic mass is 9.78. The van der Waals surface area contributed by atoms with E-state index < -0.39 is 28.9 Å². The number of aromatic nitrogens is 1. The second-order valence-corrected chi connectivity index (χ2v) is 12.3. The molecule has 7 heteroatoms. The van der Waals surface area contributed by atoms with E-state index in [1.54, 1.807) is 26.0 Å². The van der Waals surface area contributed by atoms with Crippen LogP contribution in [0.1, 0.15) is 67.0 Å². The molecule has 0 spiro atoms. The summed E-state index contributed by atoms with van der Waals surface area (Å²) in [6, 6.07) is 21.0. The van der Waals surface area contributed by atoms with Crippen LogP contribution in [0.25, 0.3) is 44.4 Å². The molecule has 43 heavy (non-hydrogen) atoms. The summed E-state index contributed by atoms with van der Waals surface area (Å²) in [5.41, 5.74) is 4.46. The number of rotatable bonds is 3. The summed E-state index contributed by atoms with van der Waals surface area (Å²) in [5.74, 6) is 0.134. The zero-order chi connectivity index (χ0) is 31.2. The molecule has 0 radical (unpaired) electrons. The lowest BCUT2D eigenvalue weighted by Gasteiger charge is -2.26. The molecule has 0 saturated carbocycles. The van der Waals surface area contributed by atoms with Crippen molar-refractivity contribution in [2.45, 2.75) is 58.3 Å². The van der Waals surface area contributed by atoms with E-state index in [0.29, 0.717) is 11.1 Å². The van der Waals surface area contributed by atoms with E-state index >= 15 is 0 Å². The van der Waals surface area contributed by atoms with Gasteiger partial charge in [0.15, 0.2) is 0 Å². The normalized spacial score (nSPS) is 14.4. The number of benzene rings is 4. The van der Waals surface area contributed by atoms with Gasteiger partial charge < -0.3 is 4.57 Å². The number of alkyl halides is 6. The van der Waals surface area contributed by atoms with Crippen molar-refractivity contribution in [2.75, 3.05) is 0 Å². The number of para-hydroxylation sites is 1. The van der Waals surface area contributed by atoms with E-state index in [0.717, 1.165) is 39.5 Å². The third-order valence-corrected chi connectivity index (χ3v) is 9.00. The van der Waals surface area contributed by atoms with E-state index in [-0.39, 0.29) is 23.1 Å². The highest BCUT2D eigenvalue weighted by atomic mass is 19.4. The number of hydrogen-bond acceptors (Lipinski definition) is 0. The fourth-order valence-corrected chi connectivity index (χ4v) is 6.96. The van der Waals surface area contributed by atoms with Gasteiger partial charge in [-0.05, 0) is 93.2 Å². The Kier molecular flexibility index (Phi) is 6.43. The van der Waals surface area contributed by atoms with Crippen LogP contribution in [0.2, 0.25) is 0 Å². The SMILES string of the molecule is Cc1c(-c2ccc(-c3ccc4c(c3)C(C)(C)c3c-4cc(C(F)(F)F)cc3C(F)(F)F)c(C(C)C)c2)n(C)c2ccccc12. The van der Waals surface area contributed by atoms with Crippen LogP contribution in [0, 0.1) is 6.92 Å². The Morgan fingerprint density at radius 3 is 2.00 bits per heavy atom. The first kappa shape index (κ1) is 29.1. The van der Waals surface area contributed by atoms with E-state index in [1.807, 2.05) is 31.3 Å². The second-order valence-electron chi connectivity index (χ2n) is 12.3. The summed E-state index contributed by atoms with van der Waals surface area (Å²) in [6.07, 6.45) is -9.84. The van der Waals surface area contributed by atoms with Gasteiger partial charge in [0.2, 0.25) is 0 Å². The molecule has 0 saturated heterocycles. The summed E-state index contributed by atoms with van der Waals surface area (Å²) in [5, 5.41) is 1.18. The van der Waals surface area contributed by atoms with Crippen LogP contribution in [-0.2, 0) is 24.8 Å². The van der Waals surface area contributed by atoms with Crippen molar-refractivity contribution in [1.82, 2.24) is 4.57 Å². The minimum Gasteiger partial charge on any atom is -0.343 e. The van der Waals surface area contributed by atoms with Crippen LogP contribution in [-0.4, -0.2) is 4.57 Å². The van der Waals surface area contributed by atoms with E-state index in [1.165, 1.54) is 10.9 Å². The Hall–Kier alpha value is -4.00. The third kappa shape index (κ3) is 4.47. The lowest BCUT2D eigenvalue weighted by Crippen LogP contribution is -2.22. The van der Waals surface area contributed by atoms with Crippen molar-refractivity contribution >= 4 is 10.9 Å². The minimum absolute atomic E-state index is 0.0145. The minimum atomic E-state index is -4.94. The quantitative estimate of drug-likeness (QED) is 0.184. The first-order valence-electron chi connectivity index (χ1n) is 14.2. The summed E-state index contributed by atoms with van der Waals surface area (Å²) in [4.78, 5) is 0. The van der Waals surface area contributed by atoms with E-state index in [9.17, 15) is 26.3 Å². The number of hydrogen-bond donors (Lipinski definition) is 0. The molecule has 4 aromatic carbocycles. The zero-order valence-electron chi connectivity index (χ0n) is 24.7. The van der Waals surface area contributed by atoms with E-state index in [2.05, 4.69) is 49.6 Å². The van der Waals surface area contributed by atoms with Gasteiger partial charge in [-0.1, -0.05) is 70.2 Å². The van der Waals surface area contributed by atoms with Crippen LogP contribution in [0.15, 0.2) is 72.8 Å². The van der Waals surface area contributed by atoms with Crippen LogP contribution in [0.3, 0.4) is 0 Å². The Labute approximate surface area is 246 Å². The largest absolute Gasteiger partial charge is 0.416 e. The first-order chi connectivity index (χ1) is 20.0. The van der Waals surface area contributed by atoms with Gasteiger partial charge in [-0.2, -0.15) is 26.3 Å². The fourth-order valence-electron chi connectivity index (χ4n) is 6.96. The van der Waals surface area contributed by atoms with Crippen molar-refractivity contribution in [3.05, 3.63) is 106 Å². The molecule has 1 aliphatic rings. The highest BCUT2D eigenvalue weighted by Gasteiger charge is 2.47. The van der Waals surface area contributed by atoms with Gasteiger partial charge >= 0.3 is 12.4 Å². The van der Waals surface area contributed by atoms with Crippen LogP contribution in [0.5, 0.6) is 0 Å². The Bertz CT molecular complexity index is 1880. The van der Waals surface area contributed by atoms with Gasteiger partial charge in [0, 0.05) is 23.4 Å². The van der Waals surface area contributed by atoms with Crippen molar-refractivity contribution in [3.63, 3.8) is 0 Å². The molecule has 1 aromatic heterocycles. The molecular formula is C36H31F6N. The maximum atomic E-state index is 14.2. The number of halogens is 6. The van der Waals surface area contributed by atoms with Gasteiger partial charge in [0.05, 0.1) is 16.8 Å². The first-order valence-corrected chi connectivity index (χ1v) is 14.2. The molecule has 0 fully saturated rings. The van der Waals surface area contributed by atoms with Crippen LogP contribution < -0.4 is 0 Å². The Morgan fingerprint density at radius 1 is 0.721 bits per heavy atom. The summed E-state index contributed by atoms with van der Waals surface area (Å²) in [6.45, 7) is 9.61. The van der Waals surface area contributed by atoms with E-state index in [4.69, 9.17) is 0 Å². The second kappa shape index (κ2) is 9.50. The number of fused-ring (bicyclic) bond motifs is 4. The van der Waals surface area contributed by atoms with Crippen molar-refractivity contribution < 1.29 is 26.3 Å². The predicted octanol–water partition coefficient (Wildman–Crippen LogP) is 11.3. The lowest BCUT2D eigenvalue weighted by molar-refractivity contribution is -0.143.